The normalized spacial score (nSPS) is 11.1. The molecule has 3 heteroatoms. The molecule has 3 aromatic rings. The molecule has 0 fully saturated rings. The van der Waals surface area contributed by atoms with Gasteiger partial charge in [0.15, 0.2) is 0 Å². The number of fused-ring (bicyclic) bond motifs is 1. The first kappa shape index (κ1) is 11.4. The molecule has 0 spiro atoms. The topological polar surface area (TPSA) is 25.0 Å². The van der Waals surface area contributed by atoms with E-state index in [1.165, 1.54) is 20.7 Å². The monoisotopic (exact) mass is 257 g/mol. The van der Waals surface area contributed by atoms with Gasteiger partial charge in [0, 0.05) is 10.3 Å². The van der Waals surface area contributed by atoms with Crippen LogP contribution in [0.1, 0.15) is 10.4 Å². The van der Waals surface area contributed by atoms with Crippen LogP contribution in [0.5, 0.6) is 5.75 Å². The van der Waals surface area contributed by atoms with E-state index < -0.39 is 0 Å². The lowest BCUT2D eigenvalue weighted by atomic mass is 10.2. The lowest BCUT2D eigenvalue weighted by molar-refractivity contribution is 0.419. The van der Waals surface area contributed by atoms with Crippen LogP contribution < -0.4 is 4.74 Å². The zero-order valence-corrected chi connectivity index (χ0v) is 11.5. The fourth-order valence-corrected chi connectivity index (χ4v) is 3.14. The number of hydrogen-bond acceptors (Lipinski definition) is 2. The molecule has 0 amide bonds. The number of aryl methyl sites for hydroxylation is 2. The van der Waals surface area contributed by atoms with Gasteiger partial charge in [0.25, 0.3) is 0 Å². The Kier molecular flexibility index (Phi) is 2.63. The van der Waals surface area contributed by atoms with Crippen LogP contribution in [0.15, 0.2) is 30.3 Å². The number of nitrogens with one attached hydrogen (secondary N) is 1. The van der Waals surface area contributed by atoms with E-state index in [4.69, 9.17) is 4.74 Å². The van der Waals surface area contributed by atoms with Crippen LogP contribution in [-0.2, 0) is 0 Å². The van der Waals surface area contributed by atoms with Crippen molar-refractivity contribution in [2.75, 3.05) is 7.11 Å². The first-order valence-corrected chi connectivity index (χ1v) is 6.74. The molecule has 0 bridgehead atoms. The predicted octanol–water partition coefficient (Wildman–Crippen LogP) is 4.52. The Morgan fingerprint density at radius 2 is 2.00 bits per heavy atom. The van der Waals surface area contributed by atoms with Crippen LogP contribution in [0.3, 0.4) is 0 Å². The Morgan fingerprint density at radius 3 is 2.67 bits per heavy atom. The number of thiophene rings is 1. The van der Waals surface area contributed by atoms with Crippen LogP contribution >= 0.6 is 11.3 Å². The van der Waals surface area contributed by atoms with Gasteiger partial charge in [0.2, 0.25) is 0 Å². The van der Waals surface area contributed by atoms with Crippen LogP contribution in [0.2, 0.25) is 0 Å². The fourth-order valence-electron chi connectivity index (χ4n) is 2.14. The highest BCUT2D eigenvalue weighted by Gasteiger charge is 2.09. The zero-order chi connectivity index (χ0) is 12.7. The first-order chi connectivity index (χ1) is 8.69. The van der Waals surface area contributed by atoms with E-state index in [9.17, 15) is 0 Å². The molecule has 0 aliphatic rings. The Balaban J connectivity index is 2.19. The molecule has 0 aliphatic carbocycles. The number of H-pyrrole nitrogens is 1. The van der Waals surface area contributed by atoms with Gasteiger partial charge in [0.1, 0.15) is 5.75 Å². The molecule has 1 N–H and O–H groups in total. The average Bonchev–Trinajstić information content (AvgIpc) is 2.93. The number of ether oxygens (including phenoxy) is 1. The van der Waals surface area contributed by atoms with Gasteiger partial charge < -0.3 is 9.72 Å². The minimum Gasteiger partial charge on any atom is -0.495 e. The van der Waals surface area contributed by atoms with Crippen LogP contribution in [0.4, 0.5) is 0 Å². The summed E-state index contributed by atoms with van der Waals surface area (Å²) in [4.78, 5) is 6.11. The second-order valence-corrected chi connectivity index (χ2v) is 5.71. The number of rotatable bonds is 2. The van der Waals surface area contributed by atoms with E-state index in [1.807, 2.05) is 23.5 Å². The molecule has 0 saturated heterocycles. The Bertz CT molecular complexity index is 689. The van der Waals surface area contributed by atoms with Crippen molar-refractivity contribution in [2.45, 2.75) is 13.8 Å². The number of hydrogen-bond donors (Lipinski definition) is 1. The number of para-hydroxylation sites is 1. The molecule has 0 aliphatic heterocycles. The van der Waals surface area contributed by atoms with Crippen molar-refractivity contribution in [1.29, 1.82) is 0 Å². The summed E-state index contributed by atoms with van der Waals surface area (Å²) in [6.07, 6.45) is 0. The smallest absolute Gasteiger partial charge is 0.142 e. The number of aromatic nitrogens is 1. The fraction of sp³-hybridized carbons (Fsp3) is 0.200. The summed E-state index contributed by atoms with van der Waals surface area (Å²) in [6.45, 7) is 4.31. The second-order valence-electron chi connectivity index (χ2n) is 4.46. The molecule has 92 valence electrons. The first-order valence-electron chi connectivity index (χ1n) is 5.92. The predicted molar refractivity (Wildman–Crippen MR) is 77.6 cm³/mol. The van der Waals surface area contributed by atoms with Crippen LogP contribution in [0.25, 0.3) is 21.5 Å². The maximum atomic E-state index is 5.38. The summed E-state index contributed by atoms with van der Waals surface area (Å²) in [7, 11) is 1.70. The summed E-state index contributed by atoms with van der Waals surface area (Å²) < 4.78 is 5.38. The molecule has 1 aromatic carbocycles. The molecule has 18 heavy (non-hydrogen) atoms. The summed E-state index contributed by atoms with van der Waals surface area (Å²) in [5.74, 6) is 0.892. The van der Waals surface area contributed by atoms with Crippen molar-refractivity contribution >= 4 is 22.2 Å². The van der Waals surface area contributed by atoms with E-state index in [0.29, 0.717) is 0 Å². The van der Waals surface area contributed by atoms with Crippen molar-refractivity contribution in [3.05, 3.63) is 40.8 Å². The van der Waals surface area contributed by atoms with Crippen LogP contribution in [0, 0.1) is 13.8 Å². The van der Waals surface area contributed by atoms with Gasteiger partial charge in [-0.25, -0.2) is 0 Å². The highest BCUT2D eigenvalue weighted by atomic mass is 32.1. The molecular formula is C15H15NOS. The molecule has 0 atom stereocenters. The minimum atomic E-state index is 0.892. The van der Waals surface area contributed by atoms with Crippen LogP contribution in [-0.4, -0.2) is 12.1 Å². The molecule has 0 unspecified atom stereocenters. The quantitative estimate of drug-likeness (QED) is 0.717. The highest BCUT2D eigenvalue weighted by Crippen LogP contribution is 2.34. The zero-order valence-electron chi connectivity index (χ0n) is 10.7. The number of benzene rings is 1. The van der Waals surface area contributed by atoms with E-state index >= 15 is 0 Å². The Hall–Kier alpha value is -1.74. The summed E-state index contributed by atoms with van der Waals surface area (Å²) in [5, 5.41) is 1.19. The van der Waals surface area contributed by atoms with Crippen molar-refractivity contribution in [3.63, 3.8) is 0 Å². The van der Waals surface area contributed by atoms with Crippen molar-refractivity contribution in [2.24, 2.45) is 0 Å². The van der Waals surface area contributed by atoms with E-state index in [-0.39, 0.29) is 0 Å². The molecule has 2 aromatic heterocycles. The van der Waals surface area contributed by atoms with Crippen molar-refractivity contribution in [1.82, 2.24) is 4.98 Å². The number of aromatic amines is 1. The van der Waals surface area contributed by atoms with Gasteiger partial charge in [-0.05, 0) is 37.6 Å². The maximum absolute atomic E-state index is 5.38. The second kappa shape index (κ2) is 4.18. The SMILES string of the molecule is COc1cccc2cc(-c3cc(C)c(C)s3)[nH]c12. The van der Waals surface area contributed by atoms with Gasteiger partial charge in [-0.15, -0.1) is 11.3 Å². The molecule has 2 nitrogen and oxygen atoms in total. The maximum Gasteiger partial charge on any atom is 0.142 e. The summed E-state index contributed by atoms with van der Waals surface area (Å²) in [6, 6.07) is 10.5. The van der Waals surface area contributed by atoms with E-state index in [1.54, 1.807) is 7.11 Å². The third-order valence-electron chi connectivity index (χ3n) is 3.27. The molecule has 0 radical (unpaired) electrons. The Labute approximate surface area is 110 Å². The minimum absolute atomic E-state index is 0.892. The number of methoxy groups -OCH3 is 1. The van der Waals surface area contributed by atoms with E-state index in [0.717, 1.165) is 17.0 Å². The largest absolute Gasteiger partial charge is 0.495 e. The highest BCUT2D eigenvalue weighted by molar-refractivity contribution is 7.15. The van der Waals surface area contributed by atoms with Gasteiger partial charge in [-0.2, -0.15) is 0 Å². The van der Waals surface area contributed by atoms with Gasteiger partial charge in [-0.3, -0.25) is 0 Å². The summed E-state index contributed by atoms with van der Waals surface area (Å²) in [5.41, 5.74) is 3.58. The lowest BCUT2D eigenvalue weighted by Gasteiger charge is -1.99. The lowest BCUT2D eigenvalue weighted by Crippen LogP contribution is -1.83. The van der Waals surface area contributed by atoms with Gasteiger partial charge in [-0.1, -0.05) is 12.1 Å². The van der Waals surface area contributed by atoms with Crippen molar-refractivity contribution < 1.29 is 4.74 Å². The third-order valence-corrected chi connectivity index (χ3v) is 4.46. The molecule has 0 saturated carbocycles. The third kappa shape index (κ3) is 1.71. The van der Waals surface area contributed by atoms with Gasteiger partial charge >= 0.3 is 0 Å². The Morgan fingerprint density at radius 1 is 1.17 bits per heavy atom. The van der Waals surface area contributed by atoms with E-state index in [2.05, 4.69) is 37.0 Å². The standard InChI is InChI=1S/C15H15NOS/c1-9-7-14(18-10(9)2)12-8-11-5-4-6-13(17-3)15(11)16-12/h4-8,16H,1-3H3. The summed E-state index contributed by atoms with van der Waals surface area (Å²) >= 11 is 1.82. The van der Waals surface area contributed by atoms with Crippen molar-refractivity contribution in [3.8, 4) is 16.3 Å². The average molecular weight is 257 g/mol. The molecular weight excluding hydrogens is 242 g/mol. The molecule has 2 heterocycles. The van der Waals surface area contributed by atoms with Gasteiger partial charge in [0.05, 0.1) is 23.2 Å². The molecule has 3 rings (SSSR count).